The average Bonchev–Trinajstić information content (AvgIpc) is 3.43. The molecule has 4 heterocycles. The fourth-order valence-corrected chi connectivity index (χ4v) is 5.16. The van der Waals surface area contributed by atoms with Crippen molar-refractivity contribution in [3.63, 3.8) is 0 Å². The number of aryl methyl sites for hydroxylation is 1. The fraction of sp³-hybridized carbons (Fsp3) is 0.458. The SMILES string of the molecule is Cc1ccnc(-[n+]2cn(CC(C)C)c3cc(C(=O)N[C@@H]4C[C@@H]5CC[C@H]4N5C#N)ccc32)n1. The van der Waals surface area contributed by atoms with E-state index in [1.807, 2.05) is 47.0 Å². The Morgan fingerprint density at radius 2 is 2.19 bits per heavy atom. The number of hydrogen-bond acceptors (Lipinski definition) is 5. The van der Waals surface area contributed by atoms with Gasteiger partial charge in [-0.1, -0.05) is 13.8 Å². The first-order valence-electron chi connectivity index (χ1n) is 11.3. The van der Waals surface area contributed by atoms with Crippen LogP contribution in [0, 0.1) is 24.3 Å². The molecule has 0 radical (unpaired) electrons. The van der Waals surface area contributed by atoms with Gasteiger partial charge in [0, 0.05) is 17.7 Å². The molecule has 0 saturated carbocycles. The molecule has 2 aliphatic rings. The smallest absolute Gasteiger partial charge is 0.347 e. The molecule has 3 aromatic rings. The highest BCUT2D eigenvalue weighted by atomic mass is 16.1. The Hall–Kier alpha value is -3.47. The monoisotopic (exact) mass is 430 g/mol. The molecule has 3 atom stereocenters. The lowest BCUT2D eigenvalue weighted by atomic mass is 9.95. The Labute approximate surface area is 187 Å². The van der Waals surface area contributed by atoms with Gasteiger partial charge in [0.25, 0.3) is 5.91 Å². The van der Waals surface area contributed by atoms with E-state index in [1.54, 1.807) is 6.20 Å². The molecule has 1 N–H and O–H groups in total. The zero-order chi connectivity index (χ0) is 22.4. The molecule has 5 rings (SSSR count). The van der Waals surface area contributed by atoms with Gasteiger partial charge < -0.3 is 10.2 Å². The standard InChI is InChI=1S/C24H27N7O/c1-15(2)12-29-14-31(24-26-9-8-16(3)27-24)21-6-4-17(10-22(21)29)23(32)28-19-11-18-5-7-20(19)30(18)13-25/h4,6,8-10,14-15,18-20H,5,7,11-12H2,1-3H3/p+1/t18-,19+,20+/m0/s1. The Morgan fingerprint density at radius 3 is 2.91 bits per heavy atom. The topological polar surface area (TPSA) is 90.7 Å². The number of nitriles is 1. The van der Waals surface area contributed by atoms with Crippen LogP contribution in [0.25, 0.3) is 17.0 Å². The van der Waals surface area contributed by atoms with E-state index >= 15 is 0 Å². The van der Waals surface area contributed by atoms with Crippen molar-refractivity contribution in [3.05, 3.63) is 48.0 Å². The number of hydrogen-bond donors (Lipinski definition) is 1. The van der Waals surface area contributed by atoms with Crippen molar-refractivity contribution in [1.82, 2.24) is 24.8 Å². The van der Waals surface area contributed by atoms with Crippen molar-refractivity contribution in [1.29, 1.82) is 5.26 Å². The highest BCUT2D eigenvalue weighted by molar-refractivity contribution is 5.97. The number of aromatic nitrogens is 4. The quantitative estimate of drug-likeness (QED) is 0.496. The van der Waals surface area contributed by atoms with Gasteiger partial charge >= 0.3 is 5.95 Å². The predicted molar refractivity (Wildman–Crippen MR) is 119 cm³/mol. The van der Waals surface area contributed by atoms with Crippen LogP contribution in [0.2, 0.25) is 0 Å². The van der Waals surface area contributed by atoms with Crippen LogP contribution in [0.5, 0.6) is 0 Å². The molecular formula is C24H28N7O+. The molecule has 8 heteroatoms. The summed E-state index contributed by atoms with van der Waals surface area (Å²) < 4.78 is 4.14. The van der Waals surface area contributed by atoms with Crippen LogP contribution in [0.4, 0.5) is 0 Å². The van der Waals surface area contributed by atoms with Gasteiger partial charge in [0.05, 0.1) is 24.8 Å². The first kappa shape index (κ1) is 20.4. The first-order valence-corrected chi connectivity index (χ1v) is 11.3. The van der Waals surface area contributed by atoms with Crippen LogP contribution < -0.4 is 9.88 Å². The highest BCUT2D eigenvalue weighted by Gasteiger charge is 2.46. The molecule has 0 unspecified atom stereocenters. The van der Waals surface area contributed by atoms with Crippen molar-refractivity contribution in [2.24, 2.45) is 5.92 Å². The minimum atomic E-state index is -0.0852. The predicted octanol–water partition coefficient (Wildman–Crippen LogP) is 2.49. The zero-order valence-electron chi connectivity index (χ0n) is 18.7. The highest BCUT2D eigenvalue weighted by Crippen LogP contribution is 2.37. The lowest BCUT2D eigenvalue weighted by molar-refractivity contribution is -0.576. The van der Waals surface area contributed by atoms with Gasteiger partial charge in [0.2, 0.25) is 0 Å². The van der Waals surface area contributed by atoms with E-state index < -0.39 is 0 Å². The maximum Gasteiger partial charge on any atom is 0.389 e. The first-order chi connectivity index (χ1) is 15.4. The maximum atomic E-state index is 13.1. The summed E-state index contributed by atoms with van der Waals surface area (Å²) in [6.45, 7) is 7.12. The number of amides is 1. The zero-order valence-corrected chi connectivity index (χ0v) is 18.7. The van der Waals surface area contributed by atoms with Crippen LogP contribution in [0.3, 0.4) is 0 Å². The molecule has 2 bridgehead atoms. The van der Waals surface area contributed by atoms with E-state index in [4.69, 9.17) is 0 Å². The molecule has 1 aromatic carbocycles. The van der Waals surface area contributed by atoms with Crippen molar-refractivity contribution in [3.8, 4) is 12.1 Å². The van der Waals surface area contributed by atoms with Crippen LogP contribution in [-0.2, 0) is 6.54 Å². The summed E-state index contributed by atoms with van der Waals surface area (Å²) in [4.78, 5) is 24.0. The lowest BCUT2D eigenvalue weighted by Crippen LogP contribution is -2.43. The number of nitrogens with one attached hydrogen (secondary N) is 1. The number of rotatable bonds is 5. The number of imidazole rings is 1. The maximum absolute atomic E-state index is 13.1. The Kier molecular flexibility index (Phi) is 5.04. The molecule has 2 aromatic heterocycles. The minimum Gasteiger partial charge on any atom is -0.347 e. The van der Waals surface area contributed by atoms with Crippen LogP contribution in [0.15, 0.2) is 36.8 Å². The summed E-state index contributed by atoms with van der Waals surface area (Å²) in [5.41, 5.74) is 3.47. The van der Waals surface area contributed by atoms with Crippen molar-refractivity contribution >= 4 is 16.9 Å². The third-order valence-electron chi connectivity index (χ3n) is 6.59. The molecule has 8 nitrogen and oxygen atoms in total. The summed E-state index contributed by atoms with van der Waals surface area (Å²) in [6, 6.07) is 8.09. The number of nitrogens with zero attached hydrogens (tertiary/aromatic N) is 6. The molecule has 0 spiro atoms. The lowest BCUT2D eigenvalue weighted by Gasteiger charge is -2.21. The van der Waals surface area contributed by atoms with Crippen LogP contribution in [-0.4, -0.2) is 43.5 Å². The summed E-state index contributed by atoms with van der Waals surface area (Å²) in [5, 5.41) is 12.6. The fourth-order valence-electron chi connectivity index (χ4n) is 5.16. The van der Waals surface area contributed by atoms with Gasteiger partial charge in [-0.25, -0.2) is 0 Å². The molecule has 2 aliphatic heterocycles. The summed E-state index contributed by atoms with van der Waals surface area (Å²) >= 11 is 0. The molecular weight excluding hydrogens is 402 g/mol. The Morgan fingerprint density at radius 1 is 1.34 bits per heavy atom. The number of fused-ring (bicyclic) bond motifs is 3. The second-order valence-corrected chi connectivity index (χ2v) is 9.35. The Bertz CT molecular complexity index is 1220. The second kappa shape index (κ2) is 7.90. The van der Waals surface area contributed by atoms with E-state index in [0.717, 1.165) is 42.5 Å². The molecule has 2 fully saturated rings. The molecule has 1 amide bonds. The van der Waals surface area contributed by atoms with E-state index in [0.29, 0.717) is 17.4 Å². The van der Waals surface area contributed by atoms with Crippen LogP contribution >= 0.6 is 0 Å². The molecule has 2 saturated heterocycles. The second-order valence-electron chi connectivity index (χ2n) is 9.35. The van der Waals surface area contributed by atoms with E-state index in [-0.39, 0.29) is 24.0 Å². The van der Waals surface area contributed by atoms with Gasteiger partial charge in [-0.2, -0.15) is 9.83 Å². The normalized spacial score (nSPS) is 22.0. The molecule has 32 heavy (non-hydrogen) atoms. The third-order valence-corrected chi connectivity index (χ3v) is 6.59. The molecule has 164 valence electrons. The largest absolute Gasteiger partial charge is 0.389 e. The Balaban J connectivity index is 1.47. The summed E-state index contributed by atoms with van der Waals surface area (Å²) in [7, 11) is 0. The third kappa shape index (κ3) is 3.48. The molecule has 0 aliphatic carbocycles. The summed E-state index contributed by atoms with van der Waals surface area (Å²) in [5.74, 6) is 0.979. The van der Waals surface area contributed by atoms with E-state index in [1.165, 1.54) is 0 Å². The van der Waals surface area contributed by atoms with Gasteiger partial charge in [0.1, 0.15) is 16.7 Å². The van der Waals surface area contributed by atoms with Crippen molar-refractivity contribution in [2.45, 2.75) is 64.7 Å². The summed E-state index contributed by atoms with van der Waals surface area (Å²) in [6.07, 6.45) is 8.94. The number of carbonyl (C=O) groups is 1. The van der Waals surface area contributed by atoms with Crippen molar-refractivity contribution in [2.75, 3.05) is 0 Å². The van der Waals surface area contributed by atoms with Crippen LogP contribution in [0.1, 0.15) is 49.2 Å². The van der Waals surface area contributed by atoms with E-state index in [9.17, 15) is 10.1 Å². The minimum absolute atomic E-state index is 0.0321. The van der Waals surface area contributed by atoms with E-state index in [2.05, 4.69) is 39.9 Å². The number of benzene rings is 1. The van der Waals surface area contributed by atoms with Gasteiger partial charge in [-0.15, -0.1) is 9.97 Å². The number of carbonyl (C=O) groups excluding carboxylic acids is 1. The average molecular weight is 431 g/mol. The van der Waals surface area contributed by atoms with Crippen molar-refractivity contribution < 1.29 is 9.36 Å². The van der Waals surface area contributed by atoms with Gasteiger partial charge in [0.15, 0.2) is 12.5 Å². The van der Waals surface area contributed by atoms with Gasteiger partial charge in [-0.3, -0.25) is 9.36 Å². The van der Waals surface area contributed by atoms with Gasteiger partial charge in [-0.05, 0) is 50.3 Å².